The second-order valence-electron chi connectivity index (χ2n) is 3.55. The maximum atomic E-state index is 11.0. The van der Waals surface area contributed by atoms with Crippen LogP contribution < -0.4 is 0 Å². The SMILES string of the molecule is CCOCCOC1(C(=O)O)CCCC1. The van der Waals surface area contributed by atoms with E-state index < -0.39 is 11.6 Å². The van der Waals surface area contributed by atoms with Crippen molar-refractivity contribution >= 4 is 5.97 Å². The fourth-order valence-corrected chi connectivity index (χ4v) is 1.81. The molecule has 1 fully saturated rings. The lowest BCUT2D eigenvalue weighted by Gasteiger charge is -2.24. The van der Waals surface area contributed by atoms with Crippen LogP contribution in [0.1, 0.15) is 32.6 Å². The van der Waals surface area contributed by atoms with Crippen LogP contribution >= 0.6 is 0 Å². The standard InChI is InChI=1S/C10H18O4/c1-2-13-7-8-14-10(9(11)12)5-3-4-6-10/h2-8H2,1H3,(H,11,12). The zero-order valence-electron chi connectivity index (χ0n) is 8.62. The number of hydrogen-bond donors (Lipinski definition) is 1. The van der Waals surface area contributed by atoms with Gasteiger partial charge in [-0.05, 0) is 32.6 Å². The first-order valence-corrected chi connectivity index (χ1v) is 5.16. The first kappa shape index (κ1) is 11.5. The molecular formula is C10H18O4. The van der Waals surface area contributed by atoms with Gasteiger partial charge in [0.05, 0.1) is 13.2 Å². The van der Waals surface area contributed by atoms with Gasteiger partial charge in [0.15, 0.2) is 5.60 Å². The van der Waals surface area contributed by atoms with E-state index in [-0.39, 0.29) is 0 Å². The molecule has 0 radical (unpaired) electrons. The van der Waals surface area contributed by atoms with Crippen LogP contribution in [0.5, 0.6) is 0 Å². The smallest absolute Gasteiger partial charge is 0.335 e. The fourth-order valence-electron chi connectivity index (χ4n) is 1.81. The third-order valence-electron chi connectivity index (χ3n) is 2.61. The molecule has 14 heavy (non-hydrogen) atoms. The molecule has 0 amide bonds. The highest BCUT2D eigenvalue weighted by Crippen LogP contribution is 2.33. The van der Waals surface area contributed by atoms with E-state index in [2.05, 4.69) is 0 Å². The predicted molar refractivity (Wildman–Crippen MR) is 51.3 cm³/mol. The zero-order valence-corrected chi connectivity index (χ0v) is 8.62. The summed E-state index contributed by atoms with van der Waals surface area (Å²) in [5.41, 5.74) is -0.920. The van der Waals surface area contributed by atoms with Gasteiger partial charge in [-0.25, -0.2) is 4.79 Å². The highest BCUT2D eigenvalue weighted by atomic mass is 16.6. The van der Waals surface area contributed by atoms with Crippen LogP contribution in [0, 0.1) is 0 Å². The van der Waals surface area contributed by atoms with Gasteiger partial charge in [0, 0.05) is 6.61 Å². The normalized spacial score (nSPS) is 19.8. The van der Waals surface area contributed by atoms with E-state index in [9.17, 15) is 4.79 Å². The van der Waals surface area contributed by atoms with Crippen molar-refractivity contribution in [3.05, 3.63) is 0 Å². The number of hydrogen-bond acceptors (Lipinski definition) is 3. The Morgan fingerprint density at radius 3 is 2.50 bits per heavy atom. The molecule has 0 aromatic rings. The van der Waals surface area contributed by atoms with Gasteiger partial charge in [0.1, 0.15) is 0 Å². The Hall–Kier alpha value is -0.610. The van der Waals surface area contributed by atoms with Gasteiger partial charge in [0.2, 0.25) is 0 Å². The van der Waals surface area contributed by atoms with E-state index in [1.165, 1.54) is 0 Å². The topological polar surface area (TPSA) is 55.8 Å². The zero-order chi connectivity index (χ0) is 10.4. The molecule has 0 atom stereocenters. The molecule has 4 nitrogen and oxygen atoms in total. The van der Waals surface area contributed by atoms with Gasteiger partial charge in [-0.3, -0.25) is 0 Å². The summed E-state index contributed by atoms with van der Waals surface area (Å²) in [6, 6.07) is 0. The molecule has 1 rings (SSSR count). The second kappa shape index (κ2) is 5.32. The van der Waals surface area contributed by atoms with E-state index >= 15 is 0 Å². The number of carbonyl (C=O) groups is 1. The van der Waals surface area contributed by atoms with Gasteiger partial charge in [-0.2, -0.15) is 0 Å². The summed E-state index contributed by atoms with van der Waals surface area (Å²) in [4.78, 5) is 11.0. The van der Waals surface area contributed by atoms with Crippen LogP contribution in [0.3, 0.4) is 0 Å². The average molecular weight is 202 g/mol. The van der Waals surface area contributed by atoms with Gasteiger partial charge < -0.3 is 14.6 Å². The molecule has 0 aromatic carbocycles. The average Bonchev–Trinajstić information content (AvgIpc) is 2.62. The number of rotatable bonds is 6. The molecule has 82 valence electrons. The Bertz CT molecular complexity index is 185. The monoisotopic (exact) mass is 202 g/mol. The van der Waals surface area contributed by atoms with Crippen molar-refractivity contribution in [3.63, 3.8) is 0 Å². The van der Waals surface area contributed by atoms with E-state index in [0.29, 0.717) is 32.7 Å². The largest absolute Gasteiger partial charge is 0.479 e. The lowest BCUT2D eigenvalue weighted by atomic mass is 10.0. The third-order valence-corrected chi connectivity index (χ3v) is 2.61. The fraction of sp³-hybridized carbons (Fsp3) is 0.900. The molecule has 1 aliphatic carbocycles. The van der Waals surface area contributed by atoms with E-state index in [0.717, 1.165) is 12.8 Å². The minimum Gasteiger partial charge on any atom is -0.479 e. The number of ether oxygens (including phenoxy) is 2. The van der Waals surface area contributed by atoms with Crippen molar-refractivity contribution in [2.24, 2.45) is 0 Å². The van der Waals surface area contributed by atoms with Gasteiger partial charge >= 0.3 is 5.97 Å². The Morgan fingerprint density at radius 2 is 2.00 bits per heavy atom. The molecule has 1 saturated carbocycles. The van der Waals surface area contributed by atoms with Gasteiger partial charge in [-0.15, -0.1) is 0 Å². The predicted octanol–water partition coefficient (Wildman–Crippen LogP) is 1.44. The number of carboxylic acid groups (broad SMARTS) is 1. The molecule has 0 spiro atoms. The van der Waals surface area contributed by atoms with E-state index in [1.807, 2.05) is 6.92 Å². The molecule has 1 N–H and O–H groups in total. The molecular weight excluding hydrogens is 184 g/mol. The van der Waals surface area contributed by atoms with Crippen molar-refractivity contribution in [1.82, 2.24) is 0 Å². The molecule has 0 heterocycles. The van der Waals surface area contributed by atoms with E-state index in [1.54, 1.807) is 0 Å². The minimum absolute atomic E-state index is 0.375. The van der Waals surface area contributed by atoms with Crippen molar-refractivity contribution in [2.45, 2.75) is 38.2 Å². The van der Waals surface area contributed by atoms with Gasteiger partial charge in [0.25, 0.3) is 0 Å². The molecule has 0 aromatic heterocycles. The molecule has 0 bridgehead atoms. The Balaban J connectivity index is 2.33. The number of carboxylic acids is 1. The highest BCUT2D eigenvalue weighted by Gasteiger charge is 2.42. The molecule has 4 heteroatoms. The Morgan fingerprint density at radius 1 is 1.36 bits per heavy atom. The maximum absolute atomic E-state index is 11.0. The van der Waals surface area contributed by atoms with Crippen molar-refractivity contribution < 1.29 is 19.4 Å². The second-order valence-corrected chi connectivity index (χ2v) is 3.55. The minimum atomic E-state index is -0.920. The van der Waals surface area contributed by atoms with Crippen molar-refractivity contribution in [2.75, 3.05) is 19.8 Å². The van der Waals surface area contributed by atoms with Crippen LogP contribution in [0.2, 0.25) is 0 Å². The Kier molecular flexibility index (Phi) is 4.35. The summed E-state index contributed by atoms with van der Waals surface area (Å²) in [5, 5.41) is 9.05. The molecule has 1 aliphatic rings. The molecule has 0 unspecified atom stereocenters. The first-order valence-electron chi connectivity index (χ1n) is 5.16. The lowest BCUT2D eigenvalue weighted by molar-refractivity contribution is -0.167. The first-order chi connectivity index (χ1) is 6.71. The number of aliphatic carboxylic acids is 1. The van der Waals surface area contributed by atoms with Crippen LogP contribution in [-0.2, 0) is 14.3 Å². The lowest BCUT2D eigenvalue weighted by Crippen LogP contribution is -2.39. The summed E-state index contributed by atoms with van der Waals surface area (Å²) in [6.45, 7) is 3.40. The van der Waals surface area contributed by atoms with E-state index in [4.69, 9.17) is 14.6 Å². The van der Waals surface area contributed by atoms with Crippen LogP contribution in [0.25, 0.3) is 0 Å². The summed E-state index contributed by atoms with van der Waals surface area (Å²) < 4.78 is 10.5. The van der Waals surface area contributed by atoms with Crippen molar-refractivity contribution in [1.29, 1.82) is 0 Å². The van der Waals surface area contributed by atoms with Gasteiger partial charge in [-0.1, -0.05) is 0 Å². The summed E-state index contributed by atoms with van der Waals surface area (Å²) in [5.74, 6) is -0.827. The third kappa shape index (κ3) is 2.69. The highest BCUT2D eigenvalue weighted by molar-refractivity contribution is 5.77. The quantitative estimate of drug-likeness (QED) is 0.662. The summed E-state index contributed by atoms with van der Waals surface area (Å²) >= 11 is 0. The summed E-state index contributed by atoms with van der Waals surface area (Å²) in [7, 11) is 0. The molecule has 0 aliphatic heterocycles. The maximum Gasteiger partial charge on any atom is 0.335 e. The summed E-state index contributed by atoms with van der Waals surface area (Å²) in [6.07, 6.45) is 3.16. The molecule has 0 saturated heterocycles. The van der Waals surface area contributed by atoms with Crippen LogP contribution in [0.4, 0.5) is 0 Å². The van der Waals surface area contributed by atoms with Crippen LogP contribution in [-0.4, -0.2) is 36.5 Å². The van der Waals surface area contributed by atoms with Crippen LogP contribution in [0.15, 0.2) is 0 Å². The van der Waals surface area contributed by atoms with Crippen molar-refractivity contribution in [3.8, 4) is 0 Å². The Labute approximate surface area is 84.2 Å².